The van der Waals surface area contributed by atoms with Crippen molar-refractivity contribution in [3.05, 3.63) is 65.9 Å². The van der Waals surface area contributed by atoms with E-state index in [0.717, 1.165) is 47.0 Å². The summed E-state index contributed by atoms with van der Waals surface area (Å²) in [6, 6.07) is 18.3. The minimum absolute atomic E-state index is 0.00771. The van der Waals surface area contributed by atoms with Crippen molar-refractivity contribution in [3.63, 3.8) is 0 Å². The van der Waals surface area contributed by atoms with Crippen LogP contribution in [0.1, 0.15) is 28.9 Å². The zero-order valence-electron chi connectivity index (χ0n) is 15.1. The van der Waals surface area contributed by atoms with Crippen molar-refractivity contribution in [1.29, 1.82) is 0 Å². The molecule has 0 saturated heterocycles. The lowest BCUT2D eigenvalue weighted by Gasteiger charge is -2.13. The predicted molar refractivity (Wildman–Crippen MR) is 103 cm³/mol. The number of carbonyl (C=O) groups excluding carboxylic acids is 1. The standard InChI is InChI=1S/C22H20N2O3/c1-14-18(22(25)23-16-7-8-16)12-19(15-5-3-2-4-6-15)24(14)17-9-10-20-21(11-17)27-13-26-20/h2-6,9-12,16H,7-8,13H2,1H3,(H,23,25). The van der Waals surface area contributed by atoms with Crippen molar-refractivity contribution in [1.82, 2.24) is 9.88 Å². The predicted octanol–water partition coefficient (Wildman–Crippen LogP) is 4.07. The van der Waals surface area contributed by atoms with Gasteiger partial charge in [0.15, 0.2) is 11.5 Å². The summed E-state index contributed by atoms with van der Waals surface area (Å²) in [6.45, 7) is 2.23. The first-order chi connectivity index (χ1) is 13.2. The van der Waals surface area contributed by atoms with Gasteiger partial charge in [0.1, 0.15) is 0 Å². The van der Waals surface area contributed by atoms with E-state index in [1.54, 1.807) is 0 Å². The topological polar surface area (TPSA) is 52.5 Å². The van der Waals surface area contributed by atoms with Crippen LogP contribution in [0.25, 0.3) is 16.9 Å². The molecular weight excluding hydrogens is 340 g/mol. The lowest BCUT2D eigenvalue weighted by Crippen LogP contribution is -2.25. The molecule has 0 spiro atoms. The summed E-state index contributed by atoms with van der Waals surface area (Å²) < 4.78 is 13.1. The molecule has 0 unspecified atom stereocenters. The fourth-order valence-electron chi connectivity index (χ4n) is 3.51. The monoisotopic (exact) mass is 360 g/mol. The van der Waals surface area contributed by atoms with Crippen LogP contribution in [0.2, 0.25) is 0 Å². The van der Waals surface area contributed by atoms with Gasteiger partial charge in [-0.3, -0.25) is 4.79 Å². The molecule has 1 saturated carbocycles. The Kier molecular flexibility index (Phi) is 3.67. The third kappa shape index (κ3) is 2.85. The average Bonchev–Trinajstić information content (AvgIpc) is 3.25. The molecule has 0 radical (unpaired) electrons. The van der Waals surface area contributed by atoms with Crippen molar-refractivity contribution in [2.75, 3.05) is 6.79 Å². The van der Waals surface area contributed by atoms with E-state index in [1.807, 2.05) is 49.4 Å². The molecule has 2 heterocycles. The minimum atomic E-state index is -0.00771. The molecule has 1 N–H and O–H groups in total. The molecule has 1 aliphatic heterocycles. The van der Waals surface area contributed by atoms with Gasteiger partial charge in [0.25, 0.3) is 5.91 Å². The third-order valence-corrected chi connectivity index (χ3v) is 5.09. The Balaban J connectivity index is 1.65. The average molecular weight is 360 g/mol. The van der Waals surface area contributed by atoms with Gasteiger partial charge in [0.05, 0.1) is 11.3 Å². The second-order valence-corrected chi connectivity index (χ2v) is 7.02. The summed E-state index contributed by atoms with van der Waals surface area (Å²) >= 11 is 0. The summed E-state index contributed by atoms with van der Waals surface area (Å²) in [7, 11) is 0. The molecule has 5 rings (SSSR count). The highest BCUT2D eigenvalue weighted by molar-refractivity contribution is 5.97. The summed E-state index contributed by atoms with van der Waals surface area (Å²) in [6.07, 6.45) is 2.14. The van der Waals surface area contributed by atoms with E-state index in [-0.39, 0.29) is 12.7 Å². The van der Waals surface area contributed by atoms with Gasteiger partial charge in [0.2, 0.25) is 6.79 Å². The molecular formula is C22H20N2O3. The second-order valence-electron chi connectivity index (χ2n) is 7.02. The number of hydrogen-bond donors (Lipinski definition) is 1. The molecule has 0 bridgehead atoms. The van der Waals surface area contributed by atoms with Crippen molar-refractivity contribution >= 4 is 5.91 Å². The van der Waals surface area contributed by atoms with Gasteiger partial charge >= 0.3 is 0 Å². The molecule has 5 heteroatoms. The summed E-state index contributed by atoms with van der Waals surface area (Å²) in [4.78, 5) is 12.8. The number of hydrogen-bond acceptors (Lipinski definition) is 3. The lowest BCUT2D eigenvalue weighted by atomic mass is 10.1. The number of carbonyl (C=O) groups is 1. The van der Waals surface area contributed by atoms with E-state index in [1.165, 1.54) is 0 Å². The van der Waals surface area contributed by atoms with Crippen LogP contribution >= 0.6 is 0 Å². The quantitative estimate of drug-likeness (QED) is 0.763. The Morgan fingerprint density at radius 1 is 1.04 bits per heavy atom. The number of nitrogens with zero attached hydrogens (tertiary/aromatic N) is 1. The molecule has 2 aromatic carbocycles. The van der Waals surface area contributed by atoms with Crippen LogP contribution in [0.4, 0.5) is 0 Å². The van der Waals surface area contributed by atoms with Crippen LogP contribution in [0, 0.1) is 6.92 Å². The number of aromatic nitrogens is 1. The number of benzene rings is 2. The smallest absolute Gasteiger partial charge is 0.253 e. The van der Waals surface area contributed by atoms with Crippen LogP contribution in [0.15, 0.2) is 54.6 Å². The van der Waals surface area contributed by atoms with Crippen LogP contribution in [0.3, 0.4) is 0 Å². The van der Waals surface area contributed by atoms with Crippen LogP contribution in [0.5, 0.6) is 11.5 Å². The van der Waals surface area contributed by atoms with Crippen molar-refractivity contribution < 1.29 is 14.3 Å². The van der Waals surface area contributed by atoms with E-state index in [9.17, 15) is 4.79 Å². The number of nitrogens with one attached hydrogen (secondary N) is 1. The van der Waals surface area contributed by atoms with Gasteiger partial charge < -0.3 is 19.4 Å². The zero-order chi connectivity index (χ0) is 18.4. The lowest BCUT2D eigenvalue weighted by molar-refractivity contribution is 0.0950. The first kappa shape index (κ1) is 16.0. The van der Waals surface area contributed by atoms with Crippen LogP contribution in [-0.4, -0.2) is 23.3 Å². The minimum Gasteiger partial charge on any atom is -0.454 e. The highest BCUT2D eigenvalue weighted by Gasteiger charge is 2.27. The third-order valence-electron chi connectivity index (χ3n) is 5.09. The first-order valence-corrected chi connectivity index (χ1v) is 9.19. The van der Waals surface area contributed by atoms with E-state index < -0.39 is 0 Å². The number of rotatable bonds is 4. The van der Waals surface area contributed by atoms with Crippen LogP contribution in [-0.2, 0) is 0 Å². The van der Waals surface area contributed by atoms with Gasteiger partial charge in [-0.2, -0.15) is 0 Å². The normalized spacial score (nSPS) is 15.0. The highest BCUT2D eigenvalue weighted by atomic mass is 16.7. The SMILES string of the molecule is Cc1c(C(=O)NC2CC2)cc(-c2ccccc2)n1-c1ccc2c(c1)OCO2. The molecule has 2 aliphatic rings. The molecule has 5 nitrogen and oxygen atoms in total. The number of amides is 1. The first-order valence-electron chi connectivity index (χ1n) is 9.19. The van der Waals surface area contributed by atoms with Crippen LogP contribution < -0.4 is 14.8 Å². The molecule has 1 aliphatic carbocycles. The Morgan fingerprint density at radius 2 is 1.81 bits per heavy atom. The Morgan fingerprint density at radius 3 is 2.59 bits per heavy atom. The Hall–Kier alpha value is -3.21. The highest BCUT2D eigenvalue weighted by Crippen LogP contribution is 2.37. The van der Waals surface area contributed by atoms with Gasteiger partial charge in [-0.05, 0) is 43.5 Å². The Labute approximate surface area is 157 Å². The molecule has 1 fully saturated rings. The van der Waals surface area contributed by atoms with E-state index in [0.29, 0.717) is 11.6 Å². The summed E-state index contributed by atoms with van der Waals surface area (Å²) in [5.74, 6) is 1.46. The maximum atomic E-state index is 12.8. The molecule has 3 aromatic rings. The summed E-state index contributed by atoms with van der Waals surface area (Å²) in [5.41, 5.74) is 4.60. The largest absolute Gasteiger partial charge is 0.454 e. The maximum absolute atomic E-state index is 12.8. The van der Waals surface area contributed by atoms with Gasteiger partial charge in [0, 0.05) is 23.5 Å². The van der Waals surface area contributed by atoms with E-state index in [2.05, 4.69) is 22.0 Å². The van der Waals surface area contributed by atoms with E-state index >= 15 is 0 Å². The number of ether oxygens (including phenoxy) is 2. The van der Waals surface area contributed by atoms with Crippen molar-refractivity contribution in [2.24, 2.45) is 0 Å². The van der Waals surface area contributed by atoms with Crippen molar-refractivity contribution in [2.45, 2.75) is 25.8 Å². The number of fused-ring (bicyclic) bond motifs is 1. The fourth-order valence-corrected chi connectivity index (χ4v) is 3.51. The second kappa shape index (κ2) is 6.20. The molecule has 136 valence electrons. The van der Waals surface area contributed by atoms with Gasteiger partial charge in [-0.1, -0.05) is 30.3 Å². The molecule has 0 atom stereocenters. The maximum Gasteiger partial charge on any atom is 0.253 e. The van der Waals surface area contributed by atoms with E-state index in [4.69, 9.17) is 9.47 Å². The molecule has 1 amide bonds. The molecule has 1 aromatic heterocycles. The zero-order valence-corrected chi connectivity index (χ0v) is 15.1. The Bertz CT molecular complexity index is 1020. The summed E-state index contributed by atoms with van der Waals surface area (Å²) in [5, 5.41) is 3.10. The fraction of sp³-hybridized carbons (Fsp3) is 0.227. The van der Waals surface area contributed by atoms with Crippen molar-refractivity contribution in [3.8, 4) is 28.4 Å². The van der Waals surface area contributed by atoms with Gasteiger partial charge in [-0.25, -0.2) is 0 Å². The van der Waals surface area contributed by atoms with Gasteiger partial charge in [-0.15, -0.1) is 0 Å². The molecule has 27 heavy (non-hydrogen) atoms.